The second-order valence-corrected chi connectivity index (χ2v) is 9.96. The first-order chi connectivity index (χ1) is 17.0. The van der Waals surface area contributed by atoms with E-state index in [-0.39, 0.29) is 30.8 Å². The molecule has 3 aromatic carbocycles. The average molecular weight is 509 g/mol. The highest BCUT2D eigenvalue weighted by Crippen LogP contribution is 2.25. The van der Waals surface area contributed by atoms with Crippen LogP contribution in [0.5, 0.6) is 0 Å². The van der Waals surface area contributed by atoms with E-state index in [1.54, 1.807) is 17.0 Å². The molecule has 0 heterocycles. The largest absolute Gasteiger partial charge is 0.352 e. The number of carbonyl (C=O) groups excluding carboxylic acids is 2. The molecule has 0 saturated heterocycles. The zero-order chi connectivity index (χ0) is 24.6. The van der Waals surface area contributed by atoms with Gasteiger partial charge in [0.2, 0.25) is 11.8 Å². The van der Waals surface area contributed by atoms with Crippen LogP contribution in [0.15, 0.2) is 78.9 Å². The van der Waals surface area contributed by atoms with E-state index >= 15 is 0 Å². The Morgan fingerprint density at radius 1 is 0.886 bits per heavy atom. The molecule has 3 aromatic rings. The number of benzene rings is 3. The Hall–Kier alpha value is -2.82. The van der Waals surface area contributed by atoms with Gasteiger partial charge in [-0.3, -0.25) is 9.59 Å². The summed E-state index contributed by atoms with van der Waals surface area (Å²) in [4.78, 5) is 29.1. The average Bonchev–Trinajstić information content (AvgIpc) is 3.36. The summed E-state index contributed by atoms with van der Waals surface area (Å²) < 4.78 is 0. The number of carbonyl (C=O) groups is 2. The van der Waals surface area contributed by atoms with Crippen molar-refractivity contribution in [2.24, 2.45) is 0 Å². The Bertz CT molecular complexity index is 1130. The highest BCUT2D eigenvalue weighted by molar-refractivity contribution is 6.35. The van der Waals surface area contributed by atoms with Gasteiger partial charge in [-0.2, -0.15) is 0 Å². The van der Waals surface area contributed by atoms with Gasteiger partial charge >= 0.3 is 0 Å². The molecule has 0 aliphatic heterocycles. The lowest BCUT2D eigenvalue weighted by Crippen LogP contribution is -2.52. The first-order valence-electron chi connectivity index (χ1n) is 12.1. The van der Waals surface area contributed by atoms with Crippen molar-refractivity contribution in [3.8, 4) is 0 Å². The molecule has 35 heavy (non-hydrogen) atoms. The Labute approximate surface area is 217 Å². The van der Waals surface area contributed by atoms with Gasteiger partial charge < -0.3 is 10.2 Å². The molecule has 1 fully saturated rings. The van der Waals surface area contributed by atoms with E-state index in [1.807, 2.05) is 66.7 Å². The molecule has 6 heteroatoms. The molecule has 1 aliphatic carbocycles. The third-order valence-corrected chi connectivity index (χ3v) is 7.11. The van der Waals surface area contributed by atoms with Gasteiger partial charge in [-0.15, -0.1) is 0 Å². The predicted molar refractivity (Wildman–Crippen MR) is 141 cm³/mol. The van der Waals surface area contributed by atoms with Gasteiger partial charge in [0.1, 0.15) is 6.04 Å². The zero-order valence-electron chi connectivity index (χ0n) is 19.6. The van der Waals surface area contributed by atoms with Crippen LogP contribution in [-0.4, -0.2) is 28.8 Å². The molecule has 2 amide bonds. The summed E-state index contributed by atoms with van der Waals surface area (Å²) in [6, 6.07) is 24.2. The van der Waals surface area contributed by atoms with Crippen LogP contribution in [0.25, 0.3) is 0 Å². The minimum atomic E-state index is -0.666. The van der Waals surface area contributed by atoms with Crippen LogP contribution in [0.1, 0.15) is 42.4 Å². The number of nitrogens with one attached hydrogen (secondary N) is 1. The molecule has 1 atom stereocenters. The van der Waals surface area contributed by atoms with E-state index in [9.17, 15) is 9.59 Å². The first kappa shape index (κ1) is 25.3. The molecule has 4 nitrogen and oxygen atoms in total. The van der Waals surface area contributed by atoms with Gasteiger partial charge in [-0.05, 0) is 41.7 Å². The van der Waals surface area contributed by atoms with Gasteiger partial charge in [0.05, 0.1) is 6.42 Å². The Kier molecular flexibility index (Phi) is 8.84. The van der Waals surface area contributed by atoms with Crippen LogP contribution in [0, 0.1) is 0 Å². The number of hydrogen-bond donors (Lipinski definition) is 1. The van der Waals surface area contributed by atoms with Crippen LogP contribution in [-0.2, 0) is 29.0 Å². The minimum absolute atomic E-state index is 0.118. The van der Waals surface area contributed by atoms with Gasteiger partial charge in [-0.1, -0.05) is 103 Å². The Morgan fingerprint density at radius 3 is 2.14 bits per heavy atom. The fraction of sp³-hybridized carbons (Fsp3) is 0.310. The van der Waals surface area contributed by atoms with Crippen LogP contribution in [0.2, 0.25) is 10.0 Å². The van der Waals surface area contributed by atoms with Gasteiger partial charge in [-0.25, -0.2) is 0 Å². The van der Waals surface area contributed by atoms with Crippen molar-refractivity contribution in [2.75, 3.05) is 0 Å². The lowest BCUT2D eigenvalue weighted by molar-refractivity contribution is -0.141. The van der Waals surface area contributed by atoms with Crippen LogP contribution < -0.4 is 5.32 Å². The summed E-state index contributed by atoms with van der Waals surface area (Å²) in [6.07, 6.45) is 4.81. The summed E-state index contributed by atoms with van der Waals surface area (Å²) >= 11 is 12.6. The summed E-state index contributed by atoms with van der Waals surface area (Å²) in [5, 5.41) is 4.23. The van der Waals surface area contributed by atoms with Crippen molar-refractivity contribution in [3.63, 3.8) is 0 Å². The Morgan fingerprint density at radius 2 is 1.51 bits per heavy atom. The number of rotatable bonds is 9. The maximum absolute atomic E-state index is 13.7. The van der Waals surface area contributed by atoms with Crippen molar-refractivity contribution in [1.29, 1.82) is 0 Å². The predicted octanol–water partition coefficient (Wildman–Crippen LogP) is 6.23. The van der Waals surface area contributed by atoms with Crippen molar-refractivity contribution >= 4 is 35.0 Å². The van der Waals surface area contributed by atoms with Crippen molar-refractivity contribution in [2.45, 2.75) is 57.2 Å². The summed E-state index contributed by atoms with van der Waals surface area (Å²) in [7, 11) is 0. The fourth-order valence-corrected chi connectivity index (χ4v) is 5.10. The number of amides is 2. The van der Waals surface area contributed by atoms with Gasteiger partial charge in [0.25, 0.3) is 0 Å². The van der Waals surface area contributed by atoms with E-state index in [0.29, 0.717) is 16.5 Å². The third kappa shape index (κ3) is 7.09. The number of hydrogen-bond acceptors (Lipinski definition) is 2. The molecule has 1 saturated carbocycles. The standard InChI is InChI=1S/C29H30Cl2N2O2/c30-24-16-15-23(26(31)19-24)20-33(28(34)18-22-11-5-2-6-12-22)27(17-21-9-3-1-4-10-21)29(35)32-25-13-7-8-14-25/h1-6,9-12,15-16,19,25,27H,7-8,13-14,17-18,20H2,(H,32,35)/t27-/m1/s1. The van der Waals surface area contributed by atoms with E-state index in [0.717, 1.165) is 42.4 Å². The second kappa shape index (κ2) is 12.2. The quantitative estimate of drug-likeness (QED) is 0.372. The third-order valence-electron chi connectivity index (χ3n) is 6.53. The number of halogens is 2. The van der Waals surface area contributed by atoms with E-state index in [4.69, 9.17) is 23.2 Å². The highest BCUT2D eigenvalue weighted by atomic mass is 35.5. The molecule has 0 spiro atoms. The Balaban J connectivity index is 1.67. The molecule has 1 aliphatic rings. The lowest BCUT2D eigenvalue weighted by atomic mass is 10.0. The normalized spacial score (nSPS) is 14.5. The summed E-state index contributed by atoms with van der Waals surface area (Å²) in [5.74, 6) is -0.239. The molecule has 1 N–H and O–H groups in total. The molecule has 0 bridgehead atoms. The molecular formula is C29H30Cl2N2O2. The number of nitrogens with zero attached hydrogens (tertiary/aromatic N) is 1. The van der Waals surface area contributed by atoms with Crippen LogP contribution >= 0.6 is 23.2 Å². The van der Waals surface area contributed by atoms with E-state index in [1.165, 1.54) is 0 Å². The minimum Gasteiger partial charge on any atom is -0.352 e. The maximum atomic E-state index is 13.7. The molecule has 0 radical (unpaired) electrons. The molecule has 0 aromatic heterocycles. The first-order valence-corrected chi connectivity index (χ1v) is 12.9. The monoisotopic (exact) mass is 508 g/mol. The topological polar surface area (TPSA) is 49.4 Å². The summed E-state index contributed by atoms with van der Waals surface area (Å²) in [5.41, 5.74) is 2.65. The van der Waals surface area contributed by atoms with Gasteiger partial charge in [0, 0.05) is 29.1 Å². The molecular weight excluding hydrogens is 479 g/mol. The van der Waals surface area contributed by atoms with Crippen molar-refractivity contribution in [3.05, 3.63) is 106 Å². The summed E-state index contributed by atoms with van der Waals surface area (Å²) in [6.45, 7) is 0.220. The molecule has 182 valence electrons. The molecule has 4 rings (SSSR count). The van der Waals surface area contributed by atoms with E-state index in [2.05, 4.69) is 5.32 Å². The highest BCUT2D eigenvalue weighted by Gasteiger charge is 2.32. The van der Waals surface area contributed by atoms with Crippen molar-refractivity contribution < 1.29 is 9.59 Å². The van der Waals surface area contributed by atoms with Gasteiger partial charge in [0.15, 0.2) is 0 Å². The maximum Gasteiger partial charge on any atom is 0.243 e. The van der Waals surface area contributed by atoms with Crippen LogP contribution in [0.3, 0.4) is 0 Å². The smallest absolute Gasteiger partial charge is 0.243 e. The van der Waals surface area contributed by atoms with E-state index < -0.39 is 6.04 Å². The SMILES string of the molecule is O=C(NC1CCCC1)[C@@H](Cc1ccccc1)N(Cc1ccc(Cl)cc1Cl)C(=O)Cc1ccccc1. The van der Waals surface area contributed by atoms with Crippen molar-refractivity contribution in [1.82, 2.24) is 10.2 Å². The molecule has 0 unspecified atom stereocenters. The fourth-order valence-electron chi connectivity index (χ4n) is 4.63. The lowest BCUT2D eigenvalue weighted by Gasteiger charge is -2.32. The zero-order valence-corrected chi connectivity index (χ0v) is 21.1. The second-order valence-electron chi connectivity index (χ2n) is 9.12. The van der Waals surface area contributed by atoms with Crippen LogP contribution in [0.4, 0.5) is 0 Å².